The van der Waals surface area contributed by atoms with E-state index in [1.807, 2.05) is 18.2 Å². The Hall–Kier alpha value is -4.52. The number of aliphatic carboxylic acids is 1. The lowest BCUT2D eigenvalue weighted by atomic mass is 9.89. The van der Waals surface area contributed by atoms with Crippen LogP contribution in [-0.4, -0.2) is 36.8 Å². The molecule has 3 aromatic carbocycles. The van der Waals surface area contributed by atoms with Gasteiger partial charge in [-0.2, -0.15) is 19.1 Å². The predicted molar refractivity (Wildman–Crippen MR) is 145 cm³/mol. The number of piperidine rings is 1. The van der Waals surface area contributed by atoms with E-state index < -0.39 is 36.0 Å². The number of anilines is 2. The topological polar surface area (TPSA) is 110 Å². The van der Waals surface area contributed by atoms with E-state index in [4.69, 9.17) is 20.2 Å². The minimum atomic E-state index is -4.70. The van der Waals surface area contributed by atoms with Crippen molar-refractivity contribution in [2.24, 2.45) is 16.8 Å². The van der Waals surface area contributed by atoms with Gasteiger partial charge in [0, 0.05) is 36.3 Å². The molecule has 9 nitrogen and oxygen atoms in total. The fourth-order valence-electron chi connectivity index (χ4n) is 5.79. The predicted octanol–water partition coefficient (Wildman–Crippen LogP) is 5.81. The largest absolute Gasteiger partial charge is 0.481 e. The molecule has 1 atom stereocenters. The Labute approximate surface area is 237 Å². The Morgan fingerprint density at radius 3 is 2.55 bits per heavy atom. The van der Waals surface area contributed by atoms with Gasteiger partial charge in [0.25, 0.3) is 0 Å². The smallest absolute Gasteiger partial charge is 0.416 e. The number of ether oxygens (including phenoxy) is 2. The van der Waals surface area contributed by atoms with Gasteiger partial charge < -0.3 is 29.2 Å². The zero-order chi connectivity index (χ0) is 29.6. The molecule has 42 heavy (non-hydrogen) atoms. The van der Waals surface area contributed by atoms with Crippen molar-refractivity contribution in [3.63, 3.8) is 0 Å². The summed E-state index contributed by atoms with van der Waals surface area (Å²) in [5, 5.41) is 9.84. The first-order valence-electron chi connectivity index (χ1n) is 13.2. The monoisotopic (exact) mass is 586 g/mol. The number of para-hydroxylation sites is 1. The van der Waals surface area contributed by atoms with Crippen LogP contribution in [0.25, 0.3) is 0 Å². The molecule has 0 radical (unpaired) electrons. The molecule has 6 rings (SSSR count). The number of alkyl halides is 3. The number of hydrogen-bond acceptors (Lipinski definition) is 8. The highest BCUT2D eigenvalue weighted by molar-refractivity contribution is 6.05. The van der Waals surface area contributed by atoms with Gasteiger partial charge in [-0.25, -0.2) is 9.38 Å². The molecule has 1 unspecified atom stereocenters. The normalized spacial score (nSPS) is 18.5. The van der Waals surface area contributed by atoms with Crippen LogP contribution in [0.2, 0.25) is 0 Å². The molecular weight excluding hydrogens is 560 g/mol. The lowest BCUT2D eigenvalue weighted by molar-refractivity contribution is -0.138. The Balaban J connectivity index is 1.42. The van der Waals surface area contributed by atoms with Crippen LogP contribution in [0.5, 0.6) is 17.2 Å². The van der Waals surface area contributed by atoms with Gasteiger partial charge in [-0.1, -0.05) is 12.1 Å². The molecule has 3 heterocycles. The maximum Gasteiger partial charge on any atom is 0.416 e. The number of carbonyl (C=O) groups is 1. The van der Waals surface area contributed by atoms with E-state index in [1.165, 1.54) is 23.1 Å². The van der Waals surface area contributed by atoms with Gasteiger partial charge in [0.05, 0.1) is 23.7 Å². The number of fused-ring (bicyclic) bond motifs is 2. The summed E-state index contributed by atoms with van der Waals surface area (Å²) in [6, 6.07) is 11.5. The molecule has 1 fully saturated rings. The molecule has 3 aliphatic heterocycles. The lowest BCUT2D eigenvalue weighted by Crippen LogP contribution is -2.46. The number of nitrogens with zero attached hydrogens (tertiary/aromatic N) is 3. The molecule has 3 N–H and O–H groups in total. The highest BCUT2D eigenvalue weighted by Crippen LogP contribution is 2.47. The van der Waals surface area contributed by atoms with Crippen molar-refractivity contribution in [2.45, 2.75) is 31.5 Å². The Morgan fingerprint density at radius 2 is 1.83 bits per heavy atom. The van der Waals surface area contributed by atoms with Gasteiger partial charge in [-0.15, -0.1) is 0 Å². The summed E-state index contributed by atoms with van der Waals surface area (Å²) in [6.45, 7) is 1.25. The maximum atomic E-state index is 15.1. The van der Waals surface area contributed by atoms with Crippen molar-refractivity contribution in [1.82, 2.24) is 0 Å². The average molecular weight is 587 g/mol. The van der Waals surface area contributed by atoms with E-state index in [0.717, 1.165) is 23.9 Å². The summed E-state index contributed by atoms with van der Waals surface area (Å²) in [7, 11) is 0. The van der Waals surface area contributed by atoms with Crippen LogP contribution in [0.3, 0.4) is 0 Å². The van der Waals surface area contributed by atoms with Crippen molar-refractivity contribution in [3.05, 3.63) is 71.5 Å². The summed E-state index contributed by atoms with van der Waals surface area (Å²) < 4.78 is 67.5. The molecule has 3 aromatic rings. The standard InChI is InChI=1S/C29H26F4N4O5/c30-20-3-1-2-19-21(14-26(38)39)37(22-12-17(29(31,32)33)4-6-23(22)42-34)28(35-27(19)20)16-8-10-36(11-9-16)18-5-7-24-25(13-18)41-15-40-24/h1-7,12-13,16,21H,8-11,14-15,34H2,(H,38,39). The first kappa shape index (κ1) is 27.6. The third-order valence-corrected chi connectivity index (χ3v) is 7.78. The van der Waals surface area contributed by atoms with Crippen LogP contribution in [0.4, 0.5) is 34.6 Å². The lowest BCUT2D eigenvalue weighted by Gasteiger charge is -2.43. The first-order valence-corrected chi connectivity index (χ1v) is 13.2. The van der Waals surface area contributed by atoms with Crippen LogP contribution < -0.4 is 30.0 Å². The first-order chi connectivity index (χ1) is 20.1. The van der Waals surface area contributed by atoms with E-state index in [1.54, 1.807) is 0 Å². The number of carboxylic acids is 1. The van der Waals surface area contributed by atoms with Crippen LogP contribution in [0.15, 0.2) is 59.6 Å². The van der Waals surface area contributed by atoms with Crippen molar-refractivity contribution in [3.8, 4) is 17.2 Å². The van der Waals surface area contributed by atoms with E-state index in [9.17, 15) is 23.1 Å². The van der Waals surface area contributed by atoms with Gasteiger partial charge in [0.2, 0.25) is 6.79 Å². The number of rotatable bonds is 6. The second-order valence-corrected chi connectivity index (χ2v) is 10.2. The minimum Gasteiger partial charge on any atom is -0.481 e. The van der Waals surface area contributed by atoms with Gasteiger partial charge in [0.15, 0.2) is 17.2 Å². The van der Waals surface area contributed by atoms with Crippen molar-refractivity contribution >= 4 is 28.9 Å². The van der Waals surface area contributed by atoms with E-state index >= 15 is 4.39 Å². The van der Waals surface area contributed by atoms with Crippen molar-refractivity contribution < 1.29 is 41.8 Å². The molecule has 220 valence electrons. The third-order valence-electron chi connectivity index (χ3n) is 7.78. The molecule has 0 amide bonds. The summed E-state index contributed by atoms with van der Waals surface area (Å²) in [6.07, 6.45) is -4.22. The zero-order valence-electron chi connectivity index (χ0n) is 22.1. The molecular formula is C29H26F4N4O5. The second kappa shape index (κ2) is 10.7. The molecule has 1 saturated heterocycles. The Kier molecular flexibility index (Phi) is 7.05. The molecule has 0 aromatic heterocycles. The van der Waals surface area contributed by atoms with E-state index in [0.29, 0.717) is 37.4 Å². The Morgan fingerprint density at radius 1 is 1.07 bits per heavy atom. The fourth-order valence-corrected chi connectivity index (χ4v) is 5.79. The van der Waals surface area contributed by atoms with Crippen LogP contribution in [-0.2, 0) is 11.0 Å². The van der Waals surface area contributed by atoms with Crippen LogP contribution >= 0.6 is 0 Å². The maximum absolute atomic E-state index is 15.1. The van der Waals surface area contributed by atoms with Gasteiger partial charge in [-0.3, -0.25) is 4.79 Å². The fraction of sp³-hybridized carbons (Fsp3) is 0.310. The number of amidine groups is 1. The second-order valence-electron chi connectivity index (χ2n) is 10.2. The van der Waals surface area contributed by atoms with Gasteiger partial charge in [-0.05, 0) is 49.2 Å². The highest BCUT2D eigenvalue weighted by Gasteiger charge is 2.41. The number of nitrogens with two attached hydrogens (primary N) is 1. The molecule has 0 spiro atoms. The van der Waals surface area contributed by atoms with Crippen molar-refractivity contribution in [2.75, 3.05) is 29.7 Å². The molecule has 0 aliphatic carbocycles. The SMILES string of the molecule is NOc1ccc(C(F)(F)F)cc1N1C(C2CCN(c3ccc4c(c3)OCO4)CC2)=Nc2c(F)cccc2C1CC(=O)O. The van der Waals surface area contributed by atoms with Gasteiger partial charge in [0.1, 0.15) is 17.3 Å². The number of benzene rings is 3. The van der Waals surface area contributed by atoms with Crippen LogP contribution in [0.1, 0.15) is 36.4 Å². The number of aliphatic imine (C=N–C) groups is 1. The minimum absolute atomic E-state index is 0.0320. The summed E-state index contributed by atoms with van der Waals surface area (Å²) >= 11 is 0. The number of hydrogen-bond donors (Lipinski definition) is 2. The molecule has 0 bridgehead atoms. The summed E-state index contributed by atoms with van der Waals surface area (Å²) in [5.74, 6) is 4.69. The van der Waals surface area contributed by atoms with Crippen LogP contribution in [0, 0.1) is 11.7 Å². The average Bonchev–Trinajstić information content (AvgIpc) is 3.45. The molecule has 0 saturated carbocycles. The van der Waals surface area contributed by atoms with Gasteiger partial charge >= 0.3 is 12.1 Å². The number of carboxylic acid groups (broad SMARTS) is 1. The summed E-state index contributed by atoms with van der Waals surface area (Å²) in [5.41, 5.74) is 0.0338. The molecule has 3 aliphatic rings. The Bertz CT molecular complexity index is 1560. The quantitative estimate of drug-likeness (QED) is 0.275. The third kappa shape index (κ3) is 5.04. The van der Waals surface area contributed by atoms with E-state index in [2.05, 4.69) is 9.89 Å². The number of halogens is 4. The van der Waals surface area contributed by atoms with E-state index in [-0.39, 0.29) is 41.2 Å². The summed E-state index contributed by atoms with van der Waals surface area (Å²) in [4.78, 5) is 25.2. The molecule has 13 heteroatoms. The van der Waals surface area contributed by atoms with Crippen molar-refractivity contribution in [1.29, 1.82) is 0 Å². The highest BCUT2D eigenvalue weighted by atomic mass is 19.4. The zero-order valence-corrected chi connectivity index (χ0v) is 22.1.